The van der Waals surface area contributed by atoms with Crippen molar-refractivity contribution in [3.63, 3.8) is 0 Å². The molecule has 8 heteroatoms. The van der Waals surface area contributed by atoms with Crippen LogP contribution in [0.4, 0.5) is 0 Å². The molecule has 0 bridgehead atoms. The van der Waals surface area contributed by atoms with E-state index in [-0.39, 0.29) is 6.61 Å². The van der Waals surface area contributed by atoms with Gasteiger partial charge in [-0.1, -0.05) is 13.3 Å². The molecule has 0 aromatic heterocycles. The van der Waals surface area contributed by atoms with Crippen LogP contribution in [0.3, 0.4) is 0 Å². The van der Waals surface area contributed by atoms with Crippen molar-refractivity contribution < 1.29 is 38.0 Å². The molecule has 0 saturated carbocycles. The molecule has 2 rings (SSSR count). The van der Waals surface area contributed by atoms with Crippen LogP contribution in [0.5, 0.6) is 0 Å². The van der Waals surface area contributed by atoms with E-state index in [0.717, 1.165) is 12.8 Å². The van der Waals surface area contributed by atoms with Gasteiger partial charge in [-0.15, -0.1) is 0 Å². The van der Waals surface area contributed by atoms with E-state index in [0.29, 0.717) is 6.61 Å². The summed E-state index contributed by atoms with van der Waals surface area (Å²) in [5.41, 5.74) is 0. The van der Waals surface area contributed by atoms with Crippen molar-refractivity contribution in [2.24, 2.45) is 0 Å². The van der Waals surface area contributed by atoms with Gasteiger partial charge in [-0.3, -0.25) is 9.59 Å². The topological polar surface area (TPSA) is 89.5 Å². The molecule has 0 aliphatic carbocycles. The fourth-order valence-corrected chi connectivity index (χ4v) is 2.97. The van der Waals surface area contributed by atoms with Crippen LogP contribution in [-0.4, -0.2) is 61.6 Å². The van der Waals surface area contributed by atoms with E-state index in [1.54, 1.807) is 13.8 Å². The molecule has 0 amide bonds. The van der Waals surface area contributed by atoms with Crippen LogP contribution in [0, 0.1) is 0 Å². The summed E-state index contributed by atoms with van der Waals surface area (Å²) >= 11 is 0. The number of carbonyl (C=O) groups excluding carboxylic acids is 2. The minimum Gasteiger partial charge on any atom is -0.462 e. The average molecular weight is 360 g/mol. The highest BCUT2D eigenvalue weighted by molar-refractivity contribution is 5.67. The molecule has 0 aromatic rings. The molecule has 5 atom stereocenters. The molecule has 2 unspecified atom stereocenters. The lowest BCUT2D eigenvalue weighted by Crippen LogP contribution is -2.46. The highest BCUT2D eigenvalue weighted by atomic mass is 16.8. The number of hydrogen-bond acceptors (Lipinski definition) is 8. The number of unbranched alkanes of at least 4 members (excludes halogenated alkanes) is 1. The van der Waals surface area contributed by atoms with Crippen LogP contribution in [0.15, 0.2) is 0 Å². The summed E-state index contributed by atoms with van der Waals surface area (Å²) in [4.78, 5) is 22.6. The third-order valence-electron chi connectivity index (χ3n) is 3.97. The lowest BCUT2D eigenvalue weighted by atomic mass is 10.1. The van der Waals surface area contributed by atoms with Gasteiger partial charge in [-0.05, 0) is 20.3 Å². The third-order valence-corrected chi connectivity index (χ3v) is 3.97. The van der Waals surface area contributed by atoms with Gasteiger partial charge < -0.3 is 28.4 Å². The average Bonchev–Trinajstić information content (AvgIpc) is 2.96. The molecule has 8 nitrogen and oxygen atoms in total. The Hall–Kier alpha value is -1.22. The predicted octanol–water partition coefficient (Wildman–Crippen LogP) is 1.54. The Morgan fingerprint density at radius 1 is 1.16 bits per heavy atom. The Bertz CT molecular complexity index is 477. The van der Waals surface area contributed by atoms with Gasteiger partial charge in [0.1, 0.15) is 24.9 Å². The van der Waals surface area contributed by atoms with Crippen molar-refractivity contribution >= 4 is 11.9 Å². The molecule has 2 heterocycles. The zero-order chi connectivity index (χ0) is 18.6. The highest BCUT2D eigenvalue weighted by Gasteiger charge is 2.58. The molecule has 2 aliphatic heterocycles. The largest absolute Gasteiger partial charge is 0.462 e. The van der Waals surface area contributed by atoms with Crippen molar-refractivity contribution in [2.75, 3.05) is 13.2 Å². The second-order valence-corrected chi connectivity index (χ2v) is 6.71. The Labute approximate surface area is 148 Å². The smallest absolute Gasteiger partial charge is 0.303 e. The summed E-state index contributed by atoms with van der Waals surface area (Å²) in [6.45, 7) is 8.66. The minimum absolute atomic E-state index is 0.115. The summed E-state index contributed by atoms with van der Waals surface area (Å²) in [6, 6.07) is 0. The van der Waals surface area contributed by atoms with Gasteiger partial charge in [-0.25, -0.2) is 0 Å². The van der Waals surface area contributed by atoms with Gasteiger partial charge in [0.05, 0.1) is 0 Å². The second-order valence-electron chi connectivity index (χ2n) is 6.71. The highest BCUT2D eigenvalue weighted by Crippen LogP contribution is 2.40. The first-order valence-electron chi connectivity index (χ1n) is 8.66. The Balaban J connectivity index is 2.13. The van der Waals surface area contributed by atoms with Gasteiger partial charge in [0.15, 0.2) is 18.2 Å². The molecular weight excluding hydrogens is 332 g/mol. The molecule has 0 aromatic carbocycles. The first-order valence-corrected chi connectivity index (χ1v) is 8.66. The van der Waals surface area contributed by atoms with Crippen LogP contribution in [0.1, 0.15) is 47.5 Å². The van der Waals surface area contributed by atoms with E-state index in [4.69, 9.17) is 28.4 Å². The molecule has 0 radical (unpaired) electrons. The maximum absolute atomic E-state index is 11.5. The Kier molecular flexibility index (Phi) is 6.79. The standard InChI is InChI=1S/C17H28O8/c1-6-7-8-20-14-13(12(22-11(3)19)9-21-10(2)18)23-16-15(14)24-17(4,5)25-16/h12-16H,6-9H2,1-5H3/t12?,13-,14?,15+,16-/m1/s1. The zero-order valence-electron chi connectivity index (χ0n) is 15.5. The van der Waals surface area contributed by atoms with Gasteiger partial charge in [0, 0.05) is 20.5 Å². The van der Waals surface area contributed by atoms with E-state index < -0.39 is 48.4 Å². The molecule has 2 fully saturated rings. The van der Waals surface area contributed by atoms with Gasteiger partial charge in [-0.2, -0.15) is 0 Å². The lowest BCUT2D eigenvalue weighted by molar-refractivity contribution is -0.235. The van der Waals surface area contributed by atoms with E-state index >= 15 is 0 Å². The third kappa shape index (κ3) is 5.37. The maximum atomic E-state index is 11.5. The summed E-state index contributed by atoms with van der Waals surface area (Å²) in [7, 11) is 0. The molecular formula is C17H28O8. The van der Waals surface area contributed by atoms with Crippen molar-refractivity contribution in [3.05, 3.63) is 0 Å². The number of ether oxygens (including phenoxy) is 6. The Morgan fingerprint density at radius 3 is 2.48 bits per heavy atom. The van der Waals surface area contributed by atoms with Crippen LogP contribution in [-0.2, 0) is 38.0 Å². The van der Waals surface area contributed by atoms with Crippen LogP contribution >= 0.6 is 0 Å². The van der Waals surface area contributed by atoms with Crippen molar-refractivity contribution in [1.82, 2.24) is 0 Å². The van der Waals surface area contributed by atoms with E-state index in [9.17, 15) is 9.59 Å². The Morgan fingerprint density at radius 2 is 1.88 bits per heavy atom. The van der Waals surface area contributed by atoms with Gasteiger partial charge >= 0.3 is 11.9 Å². The number of hydrogen-bond donors (Lipinski definition) is 0. The van der Waals surface area contributed by atoms with Crippen molar-refractivity contribution in [2.45, 2.75) is 84.0 Å². The number of rotatable bonds is 8. The fraction of sp³-hybridized carbons (Fsp3) is 0.882. The molecule has 2 aliphatic rings. The van der Waals surface area contributed by atoms with Crippen LogP contribution in [0.25, 0.3) is 0 Å². The molecule has 2 saturated heterocycles. The first-order chi connectivity index (χ1) is 11.7. The van der Waals surface area contributed by atoms with Gasteiger partial charge in [0.2, 0.25) is 0 Å². The van der Waals surface area contributed by atoms with Crippen molar-refractivity contribution in [1.29, 1.82) is 0 Å². The number of fused-ring (bicyclic) bond motifs is 1. The molecule has 144 valence electrons. The summed E-state index contributed by atoms with van der Waals surface area (Å²) in [6.07, 6.45) is -1.13. The summed E-state index contributed by atoms with van der Waals surface area (Å²) in [5, 5.41) is 0. The number of carbonyl (C=O) groups is 2. The zero-order valence-corrected chi connectivity index (χ0v) is 15.5. The van der Waals surface area contributed by atoms with E-state index in [1.165, 1.54) is 13.8 Å². The maximum Gasteiger partial charge on any atom is 0.303 e. The van der Waals surface area contributed by atoms with E-state index in [2.05, 4.69) is 6.92 Å². The molecule has 25 heavy (non-hydrogen) atoms. The second kappa shape index (κ2) is 8.44. The summed E-state index contributed by atoms with van der Waals surface area (Å²) in [5.74, 6) is -1.74. The fourth-order valence-electron chi connectivity index (χ4n) is 2.97. The van der Waals surface area contributed by atoms with Gasteiger partial charge in [0.25, 0.3) is 0 Å². The van der Waals surface area contributed by atoms with Crippen LogP contribution < -0.4 is 0 Å². The monoisotopic (exact) mass is 360 g/mol. The van der Waals surface area contributed by atoms with Crippen molar-refractivity contribution in [3.8, 4) is 0 Å². The number of esters is 2. The molecule has 0 spiro atoms. The lowest BCUT2D eigenvalue weighted by Gasteiger charge is -2.30. The summed E-state index contributed by atoms with van der Waals surface area (Å²) < 4.78 is 33.9. The quantitative estimate of drug-likeness (QED) is 0.476. The predicted molar refractivity (Wildman–Crippen MR) is 85.5 cm³/mol. The normalized spacial score (nSPS) is 31.4. The SMILES string of the molecule is CCCCOC1[C@@H](C(COC(C)=O)OC(C)=O)O[C@@H]2OC(C)(C)O[C@@H]12. The minimum atomic E-state index is -0.797. The first kappa shape index (κ1) is 20.1. The van der Waals surface area contributed by atoms with Crippen LogP contribution in [0.2, 0.25) is 0 Å². The van der Waals surface area contributed by atoms with E-state index in [1.807, 2.05) is 0 Å². The molecule has 0 N–H and O–H groups in total.